The maximum Gasteiger partial charge on any atom is 0.287 e. The fraction of sp³-hybridized carbons (Fsp3) is 0.538. The Balaban J connectivity index is 0.00000200. The van der Waals surface area contributed by atoms with Crippen LogP contribution in [0.5, 0.6) is 0 Å². The Hall–Kier alpha value is -0.880. The average molecular weight is 320 g/mol. The van der Waals surface area contributed by atoms with E-state index in [2.05, 4.69) is 24.1 Å². The monoisotopic (exact) mass is 319 g/mol. The number of nitrogens with zero attached hydrogens (tertiary/aromatic N) is 2. The van der Waals surface area contributed by atoms with Crippen molar-refractivity contribution in [1.29, 1.82) is 0 Å². The van der Waals surface area contributed by atoms with Crippen LogP contribution in [-0.4, -0.2) is 35.0 Å². The Morgan fingerprint density at radius 2 is 2.20 bits per heavy atom. The lowest BCUT2D eigenvalue weighted by Gasteiger charge is -2.37. The van der Waals surface area contributed by atoms with Gasteiger partial charge in [0.15, 0.2) is 0 Å². The highest BCUT2D eigenvalue weighted by Gasteiger charge is 2.22. The van der Waals surface area contributed by atoms with Crippen molar-refractivity contribution >= 4 is 29.7 Å². The van der Waals surface area contributed by atoms with Gasteiger partial charge in [0, 0.05) is 37.8 Å². The van der Waals surface area contributed by atoms with Gasteiger partial charge in [0.1, 0.15) is 5.02 Å². The highest BCUT2D eigenvalue weighted by atomic mass is 35.5. The molecule has 0 amide bonds. The van der Waals surface area contributed by atoms with Crippen molar-refractivity contribution in [2.24, 2.45) is 0 Å². The molecule has 0 aromatic heterocycles. The highest BCUT2D eigenvalue weighted by molar-refractivity contribution is 6.32. The number of halogens is 2. The SMILES string of the molecule is CC1CN(Cc2ccc([N+](=O)[O-])c(Cl)c2)C(C)CN1.Cl. The maximum atomic E-state index is 10.7. The number of piperazine rings is 1. The van der Waals surface area contributed by atoms with Gasteiger partial charge < -0.3 is 5.32 Å². The predicted molar refractivity (Wildman–Crippen MR) is 82.7 cm³/mol. The molecular weight excluding hydrogens is 301 g/mol. The number of benzene rings is 1. The molecule has 1 aliphatic heterocycles. The number of rotatable bonds is 3. The summed E-state index contributed by atoms with van der Waals surface area (Å²) < 4.78 is 0. The summed E-state index contributed by atoms with van der Waals surface area (Å²) in [7, 11) is 0. The van der Waals surface area contributed by atoms with Crippen molar-refractivity contribution in [3.05, 3.63) is 38.9 Å². The molecule has 0 bridgehead atoms. The molecule has 1 fully saturated rings. The minimum Gasteiger partial charge on any atom is -0.311 e. The molecule has 0 saturated carbocycles. The summed E-state index contributed by atoms with van der Waals surface area (Å²) in [5, 5.41) is 14.4. The molecule has 112 valence electrons. The normalized spacial score (nSPS) is 23.1. The van der Waals surface area contributed by atoms with Crippen LogP contribution in [0.25, 0.3) is 0 Å². The van der Waals surface area contributed by atoms with Gasteiger partial charge in [-0.25, -0.2) is 0 Å². The Morgan fingerprint density at radius 1 is 1.50 bits per heavy atom. The molecule has 2 atom stereocenters. The molecule has 1 aromatic rings. The Labute approximate surface area is 129 Å². The molecule has 0 spiro atoms. The summed E-state index contributed by atoms with van der Waals surface area (Å²) in [6.07, 6.45) is 0. The van der Waals surface area contributed by atoms with Crippen molar-refractivity contribution in [3.8, 4) is 0 Å². The third-order valence-corrected chi connectivity index (χ3v) is 3.79. The largest absolute Gasteiger partial charge is 0.311 e. The standard InChI is InChI=1S/C13H18ClN3O2.ClH/c1-9-7-16(10(2)6-15-9)8-11-3-4-13(17(18)19)12(14)5-11;/h3-5,9-10,15H,6-8H2,1-2H3;1H. The summed E-state index contributed by atoms with van der Waals surface area (Å²) in [5.41, 5.74) is 0.976. The van der Waals surface area contributed by atoms with Crippen molar-refractivity contribution in [2.75, 3.05) is 13.1 Å². The van der Waals surface area contributed by atoms with Crippen molar-refractivity contribution in [1.82, 2.24) is 10.2 Å². The van der Waals surface area contributed by atoms with Crippen LogP contribution in [0.2, 0.25) is 5.02 Å². The van der Waals surface area contributed by atoms with Gasteiger partial charge in [0.2, 0.25) is 0 Å². The van der Waals surface area contributed by atoms with E-state index in [1.807, 2.05) is 0 Å². The summed E-state index contributed by atoms with van der Waals surface area (Å²) >= 11 is 5.93. The summed E-state index contributed by atoms with van der Waals surface area (Å²) in [6.45, 7) is 7.02. The molecule has 20 heavy (non-hydrogen) atoms. The van der Waals surface area contributed by atoms with E-state index in [9.17, 15) is 10.1 Å². The first-order valence-electron chi connectivity index (χ1n) is 6.37. The zero-order valence-corrected chi connectivity index (χ0v) is 13.1. The molecule has 0 radical (unpaired) electrons. The van der Waals surface area contributed by atoms with Gasteiger partial charge in [0.25, 0.3) is 5.69 Å². The second-order valence-electron chi connectivity index (χ2n) is 5.13. The van der Waals surface area contributed by atoms with E-state index in [0.29, 0.717) is 12.1 Å². The first kappa shape index (κ1) is 17.2. The lowest BCUT2D eigenvalue weighted by molar-refractivity contribution is -0.384. The van der Waals surface area contributed by atoms with Crippen LogP contribution in [0.1, 0.15) is 19.4 Å². The third-order valence-electron chi connectivity index (χ3n) is 3.49. The summed E-state index contributed by atoms with van der Waals surface area (Å²) in [6, 6.07) is 5.87. The molecular formula is C13H19Cl2N3O2. The second kappa shape index (κ2) is 7.22. The predicted octanol–water partition coefficient (Wildman–Crippen LogP) is 2.85. The number of hydrogen-bond acceptors (Lipinski definition) is 4. The van der Waals surface area contributed by atoms with E-state index in [-0.39, 0.29) is 23.1 Å². The van der Waals surface area contributed by atoms with Gasteiger partial charge in [-0.1, -0.05) is 17.7 Å². The Morgan fingerprint density at radius 3 is 2.80 bits per heavy atom. The number of nitro benzene ring substituents is 1. The molecule has 1 aromatic carbocycles. The van der Waals surface area contributed by atoms with Gasteiger partial charge in [-0.3, -0.25) is 15.0 Å². The van der Waals surface area contributed by atoms with Crippen LogP contribution in [0.15, 0.2) is 18.2 Å². The van der Waals surface area contributed by atoms with Crippen LogP contribution in [-0.2, 0) is 6.54 Å². The fourth-order valence-corrected chi connectivity index (χ4v) is 2.62. The van der Waals surface area contributed by atoms with Crippen molar-refractivity contribution in [2.45, 2.75) is 32.5 Å². The Bertz CT molecular complexity index is 485. The second-order valence-corrected chi connectivity index (χ2v) is 5.54. The minimum atomic E-state index is -0.457. The minimum absolute atomic E-state index is 0. The highest BCUT2D eigenvalue weighted by Crippen LogP contribution is 2.26. The first-order chi connectivity index (χ1) is 8.97. The zero-order chi connectivity index (χ0) is 14.0. The smallest absolute Gasteiger partial charge is 0.287 e. The van der Waals surface area contributed by atoms with E-state index in [1.54, 1.807) is 12.1 Å². The zero-order valence-electron chi connectivity index (χ0n) is 11.5. The number of nitro groups is 1. The van der Waals surface area contributed by atoms with E-state index < -0.39 is 4.92 Å². The van der Waals surface area contributed by atoms with Crippen LogP contribution in [0.4, 0.5) is 5.69 Å². The van der Waals surface area contributed by atoms with E-state index in [1.165, 1.54) is 6.07 Å². The lowest BCUT2D eigenvalue weighted by atomic mass is 10.1. The third kappa shape index (κ3) is 4.06. The van der Waals surface area contributed by atoms with Gasteiger partial charge in [-0.2, -0.15) is 0 Å². The lowest BCUT2D eigenvalue weighted by Crippen LogP contribution is -2.53. The van der Waals surface area contributed by atoms with Crippen molar-refractivity contribution in [3.63, 3.8) is 0 Å². The molecule has 5 nitrogen and oxygen atoms in total. The number of nitrogens with one attached hydrogen (secondary N) is 1. The van der Waals surface area contributed by atoms with Gasteiger partial charge >= 0.3 is 0 Å². The summed E-state index contributed by atoms with van der Waals surface area (Å²) in [5.74, 6) is 0. The van der Waals surface area contributed by atoms with Crippen LogP contribution >= 0.6 is 24.0 Å². The van der Waals surface area contributed by atoms with Gasteiger partial charge in [0.05, 0.1) is 4.92 Å². The van der Waals surface area contributed by atoms with Gasteiger partial charge in [-0.05, 0) is 25.5 Å². The first-order valence-corrected chi connectivity index (χ1v) is 6.75. The molecule has 1 saturated heterocycles. The summed E-state index contributed by atoms with van der Waals surface area (Å²) in [4.78, 5) is 12.6. The van der Waals surface area contributed by atoms with E-state index in [0.717, 1.165) is 25.2 Å². The molecule has 2 rings (SSSR count). The molecule has 1 heterocycles. The molecule has 7 heteroatoms. The molecule has 1 N–H and O–H groups in total. The fourth-order valence-electron chi connectivity index (χ4n) is 2.35. The molecule has 1 aliphatic rings. The topological polar surface area (TPSA) is 58.4 Å². The van der Waals surface area contributed by atoms with E-state index in [4.69, 9.17) is 11.6 Å². The molecule has 0 aliphatic carbocycles. The van der Waals surface area contributed by atoms with E-state index >= 15 is 0 Å². The quantitative estimate of drug-likeness (QED) is 0.687. The van der Waals surface area contributed by atoms with Crippen molar-refractivity contribution < 1.29 is 4.92 Å². The van der Waals surface area contributed by atoms with Crippen LogP contribution in [0.3, 0.4) is 0 Å². The van der Waals surface area contributed by atoms with Gasteiger partial charge in [-0.15, -0.1) is 12.4 Å². The Kier molecular flexibility index (Phi) is 6.20. The average Bonchev–Trinajstić information content (AvgIpc) is 2.33. The van der Waals surface area contributed by atoms with Crippen LogP contribution < -0.4 is 5.32 Å². The molecule has 2 unspecified atom stereocenters. The maximum absolute atomic E-state index is 10.7. The van der Waals surface area contributed by atoms with Crippen LogP contribution in [0, 0.1) is 10.1 Å². The number of hydrogen-bond donors (Lipinski definition) is 1.